The fourth-order valence-electron chi connectivity index (χ4n) is 2.24. The Morgan fingerprint density at radius 2 is 1.89 bits per heavy atom. The Morgan fingerprint density at radius 3 is 2.74 bits per heavy atom. The molecule has 0 amide bonds. The van der Waals surface area contributed by atoms with Gasteiger partial charge in [0.15, 0.2) is 0 Å². The second kappa shape index (κ2) is 4.78. The van der Waals surface area contributed by atoms with Crippen LogP contribution in [0.1, 0.15) is 22.9 Å². The normalized spacial score (nSPS) is 12.5. The average molecular weight is 249 g/mol. The molecule has 0 aliphatic rings. The lowest BCUT2D eigenvalue weighted by molar-refractivity contribution is 0.814. The first-order valence-corrected chi connectivity index (χ1v) is 6.27. The van der Waals surface area contributed by atoms with Crippen LogP contribution in [0.3, 0.4) is 0 Å². The smallest absolute Gasteiger partial charge is 0.0744 e. The topological polar surface area (TPSA) is 51.8 Å². The Hall–Kier alpha value is -2.26. The van der Waals surface area contributed by atoms with E-state index in [4.69, 9.17) is 5.73 Å². The summed E-state index contributed by atoms with van der Waals surface area (Å²) >= 11 is 0. The van der Waals surface area contributed by atoms with Crippen LogP contribution in [-0.4, -0.2) is 9.97 Å². The van der Waals surface area contributed by atoms with E-state index in [0.717, 1.165) is 27.7 Å². The van der Waals surface area contributed by atoms with E-state index in [-0.39, 0.29) is 6.04 Å². The predicted molar refractivity (Wildman–Crippen MR) is 76.7 cm³/mol. The van der Waals surface area contributed by atoms with Crippen LogP contribution in [0.25, 0.3) is 10.9 Å². The van der Waals surface area contributed by atoms with E-state index < -0.39 is 0 Å². The van der Waals surface area contributed by atoms with Crippen molar-refractivity contribution in [1.82, 2.24) is 9.97 Å². The monoisotopic (exact) mass is 249 g/mol. The molecule has 3 aromatic rings. The SMILES string of the molecule is Cc1cccnc1C(N)c1cnc2ccccc2c1. The lowest BCUT2D eigenvalue weighted by Crippen LogP contribution is -2.15. The van der Waals surface area contributed by atoms with Crippen LogP contribution < -0.4 is 5.73 Å². The van der Waals surface area contributed by atoms with E-state index >= 15 is 0 Å². The van der Waals surface area contributed by atoms with Crippen LogP contribution in [0.15, 0.2) is 54.9 Å². The minimum atomic E-state index is -0.238. The van der Waals surface area contributed by atoms with Crippen molar-refractivity contribution in [2.24, 2.45) is 5.73 Å². The molecule has 19 heavy (non-hydrogen) atoms. The van der Waals surface area contributed by atoms with Crippen molar-refractivity contribution >= 4 is 10.9 Å². The molecule has 1 unspecified atom stereocenters. The van der Waals surface area contributed by atoms with E-state index in [1.165, 1.54) is 0 Å². The van der Waals surface area contributed by atoms with Gasteiger partial charge in [0, 0.05) is 17.8 Å². The van der Waals surface area contributed by atoms with Gasteiger partial charge in [0.1, 0.15) is 0 Å². The number of benzene rings is 1. The second-order valence-corrected chi connectivity index (χ2v) is 4.64. The summed E-state index contributed by atoms with van der Waals surface area (Å²) in [7, 11) is 0. The van der Waals surface area contributed by atoms with E-state index in [2.05, 4.69) is 16.0 Å². The largest absolute Gasteiger partial charge is 0.319 e. The third-order valence-corrected chi connectivity index (χ3v) is 3.32. The first-order valence-electron chi connectivity index (χ1n) is 6.27. The number of nitrogens with zero attached hydrogens (tertiary/aromatic N) is 2. The van der Waals surface area contributed by atoms with Crippen LogP contribution in [0.5, 0.6) is 0 Å². The Bertz CT molecular complexity index is 722. The summed E-state index contributed by atoms with van der Waals surface area (Å²) in [5.74, 6) is 0. The van der Waals surface area contributed by atoms with Crippen molar-refractivity contribution in [3.63, 3.8) is 0 Å². The van der Waals surface area contributed by atoms with Crippen molar-refractivity contribution in [1.29, 1.82) is 0 Å². The Kier molecular flexibility index (Phi) is 2.97. The van der Waals surface area contributed by atoms with Gasteiger partial charge in [0.05, 0.1) is 17.3 Å². The molecule has 0 fully saturated rings. The maximum Gasteiger partial charge on any atom is 0.0744 e. The molecule has 2 aromatic heterocycles. The molecule has 3 nitrogen and oxygen atoms in total. The van der Waals surface area contributed by atoms with Gasteiger partial charge in [-0.3, -0.25) is 9.97 Å². The van der Waals surface area contributed by atoms with Crippen LogP contribution in [-0.2, 0) is 0 Å². The van der Waals surface area contributed by atoms with Crippen molar-refractivity contribution in [3.8, 4) is 0 Å². The van der Waals surface area contributed by atoms with E-state index in [1.807, 2.05) is 49.5 Å². The number of hydrogen-bond acceptors (Lipinski definition) is 3. The van der Waals surface area contributed by atoms with Crippen LogP contribution in [0, 0.1) is 6.92 Å². The number of fused-ring (bicyclic) bond motifs is 1. The van der Waals surface area contributed by atoms with Crippen molar-refractivity contribution in [3.05, 3.63) is 71.7 Å². The Labute approximate surface area is 112 Å². The third kappa shape index (κ3) is 2.20. The summed E-state index contributed by atoms with van der Waals surface area (Å²) in [5, 5.41) is 1.10. The molecule has 2 N–H and O–H groups in total. The molecule has 2 heterocycles. The number of pyridine rings is 2. The maximum atomic E-state index is 6.31. The van der Waals surface area contributed by atoms with Crippen molar-refractivity contribution < 1.29 is 0 Å². The number of rotatable bonds is 2. The molecule has 94 valence electrons. The van der Waals surface area contributed by atoms with Gasteiger partial charge < -0.3 is 5.73 Å². The molecule has 0 radical (unpaired) electrons. The van der Waals surface area contributed by atoms with E-state index in [0.29, 0.717) is 0 Å². The lowest BCUT2D eigenvalue weighted by atomic mass is 10.0. The van der Waals surface area contributed by atoms with Gasteiger partial charge in [-0.1, -0.05) is 24.3 Å². The minimum Gasteiger partial charge on any atom is -0.319 e. The van der Waals surface area contributed by atoms with Crippen LogP contribution in [0.4, 0.5) is 0 Å². The highest BCUT2D eigenvalue weighted by Gasteiger charge is 2.13. The van der Waals surface area contributed by atoms with Gasteiger partial charge in [-0.05, 0) is 36.2 Å². The quantitative estimate of drug-likeness (QED) is 0.759. The molecular weight excluding hydrogens is 234 g/mol. The maximum absolute atomic E-state index is 6.31. The first kappa shape index (κ1) is 11.8. The molecule has 0 spiro atoms. The first-order chi connectivity index (χ1) is 9.25. The third-order valence-electron chi connectivity index (χ3n) is 3.32. The molecule has 3 rings (SSSR count). The standard InChI is InChI=1S/C16H15N3/c1-11-5-4-8-18-16(11)15(17)13-9-12-6-2-3-7-14(12)19-10-13/h2-10,15H,17H2,1H3. The highest BCUT2D eigenvalue weighted by molar-refractivity contribution is 5.78. The summed E-state index contributed by atoms with van der Waals surface area (Å²) < 4.78 is 0. The average Bonchev–Trinajstić information content (AvgIpc) is 2.46. The molecule has 3 heteroatoms. The number of aryl methyl sites for hydroxylation is 1. The summed E-state index contributed by atoms with van der Waals surface area (Å²) in [6.45, 7) is 2.02. The summed E-state index contributed by atoms with van der Waals surface area (Å²) in [6, 6.07) is 13.8. The zero-order valence-corrected chi connectivity index (χ0v) is 10.7. The molecule has 0 saturated carbocycles. The van der Waals surface area contributed by atoms with E-state index in [9.17, 15) is 0 Å². The summed E-state index contributed by atoms with van der Waals surface area (Å²) in [4.78, 5) is 8.83. The van der Waals surface area contributed by atoms with Crippen molar-refractivity contribution in [2.45, 2.75) is 13.0 Å². The highest BCUT2D eigenvalue weighted by atomic mass is 14.8. The zero-order valence-electron chi connectivity index (χ0n) is 10.7. The second-order valence-electron chi connectivity index (χ2n) is 4.64. The minimum absolute atomic E-state index is 0.238. The van der Waals surface area contributed by atoms with Crippen LogP contribution >= 0.6 is 0 Å². The molecule has 1 atom stereocenters. The number of aromatic nitrogens is 2. The van der Waals surface area contributed by atoms with Gasteiger partial charge in [0.25, 0.3) is 0 Å². The summed E-state index contributed by atoms with van der Waals surface area (Å²) in [5.41, 5.74) is 10.3. The number of hydrogen-bond donors (Lipinski definition) is 1. The molecular formula is C16H15N3. The van der Waals surface area contributed by atoms with E-state index in [1.54, 1.807) is 6.20 Å². The van der Waals surface area contributed by atoms with Gasteiger partial charge in [-0.15, -0.1) is 0 Å². The number of nitrogens with two attached hydrogens (primary N) is 1. The van der Waals surface area contributed by atoms with Gasteiger partial charge in [-0.2, -0.15) is 0 Å². The molecule has 1 aromatic carbocycles. The van der Waals surface area contributed by atoms with Gasteiger partial charge >= 0.3 is 0 Å². The molecule has 0 bridgehead atoms. The Morgan fingerprint density at radius 1 is 1.05 bits per heavy atom. The Balaban J connectivity index is 2.07. The van der Waals surface area contributed by atoms with Crippen LogP contribution in [0.2, 0.25) is 0 Å². The predicted octanol–water partition coefficient (Wildman–Crippen LogP) is 2.99. The fraction of sp³-hybridized carbons (Fsp3) is 0.125. The highest BCUT2D eigenvalue weighted by Crippen LogP contribution is 2.22. The molecule has 0 saturated heterocycles. The molecule has 0 aliphatic heterocycles. The lowest BCUT2D eigenvalue weighted by Gasteiger charge is -2.14. The zero-order chi connectivity index (χ0) is 13.2. The number of para-hydroxylation sites is 1. The van der Waals surface area contributed by atoms with Gasteiger partial charge in [-0.25, -0.2) is 0 Å². The summed E-state index contributed by atoms with van der Waals surface area (Å²) in [6.07, 6.45) is 3.61. The van der Waals surface area contributed by atoms with Gasteiger partial charge in [0.2, 0.25) is 0 Å². The fourth-order valence-corrected chi connectivity index (χ4v) is 2.24. The molecule has 0 aliphatic carbocycles. The van der Waals surface area contributed by atoms with Crippen molar-refractivity contribution in [2.75, 3.05) is 0 Å².